The van der Waals surface area contributed by atoms with Gasteiger partial charge in [0.2, 0.25) is 0 Å². The quantitative estimate of drug-likeness (QED) is 0.617. The van der Waals surface area contributed by atoms with Gasteiger partial charge in [-0.25, -0.2) is 0 Å². The van der Waals surface area contributed by atoms with E-state index < -0.39 is 0 Å². The van der Waals surface area contributed by atoms with Gasteiger partial charge >= 0.3 is 0 Å². The highest BCUT2D eigenvalue weighted by molar-refractivity contribution is 5.69. The molecule has 0 heterocycles. The van der Waals surface area contributed by atoms with Crippen molar-refractivity contribution in [3.63, 3.8) is 0 Å². The van der Waals surface area contributed by atoms with Gasteiger partial charge in [0.1, 0.15) is 0 Å². The lowest BCUT2D eigenvalue weighted by molar-refractivity contribution is 0.647. The van der Waals surface area contributed by atoms with E-state index in [1.165, 1.54) is 33.4 Å². The molecule has 0 aromatic heterocycles. The third-order valence-electron chi connectivity index (χ3n) is 4.15. The summed E-state index contributed by atoms with van der Waals surface area (Å²) in [5, 5.41) is 0. The predicted molar refractivity (Wildman–Crippen MR) is 94.0 cm³/mol. The Morgan fingerprint density at radius 3 is 2.10 bits per heavy atom. The summed E-state index contributed by atoms with van der Waals surface area (Å²) in [5.74, 6) is 1.28. The third kappa shape index (κ3) is 3.75. The molecule has 0 aliphatic carbocycles. The first kappa shape index (κ1) is 15.8. The monoisotopic (exact) mass is 280 g/mol. The number of rotatable bonds is 4. The smallest absolute Gasteiger partial charge is 0.0154 e. The minimum absolute atomic E-state index is 0.575. The Balaban J connectivity index is 2.40. The number of hydrogen-bond donors (Lipinski definition) is 0. The van der Waals surface area contributed by atoms with Crippen LogP contribution < -0.4 is 0 Å². The molecule has 0 atom stereocenters. The van der Waals surface area contributed by atoms with Crippen LogP contribution in [0.4, 0.5) is 0 Å². The second-order valence-electron chi connectivity index (χ2n) is 6.97. The zero-order valence-electron chi connectivity index (χ0n) is 14.3. The van der Waals surface area contributed by atoms with Gasteiger partial charge in [-0.3, -0.25) is 0 Å². The first-order valence-electron chi connectivity index (χ1n) is 8.09. The summed E-state index contributed by atoms with van der Waals surface area (Å²) in [7, 11) is 0. The van der Waals surface area contributed by atoms with Gasteiger partial charge in [-0.05, 0) is 65.5 Å². The first-order valence-corrected chi connectivity index (χ1v) is 8.09. The van der Waals surface area contributed by atoms with Gasteiger partial charge in [0.15, 0.2) is 0 Å². The Bertz CT molecular complexity index is 618. The fraction of sp³-hybridized carbons (Fsp3) is 0.429. The van der Waals surface area contributed by atoms with Crippen LogP contribution in [0.2, 0.25) is 0 Å². The molecule has 21 heavy (non-hydrogen) atoms. The molecule has 0 saturated carbocycles. The van der Waals surface area contributed by atoms with Crippen LogP contribution in [0.5, 0.6) is 0 Å². The van der Waals surface area contributed by atoms with Gasteiger partial charge in [-0.2, -0.15) is 0 Å². The molecule has 0 nitrogen and oxygen atoms in total. The fourth-order valence-electron chi connectivity index (χ4n) is 3.08. The fourth-order valence-corrected chi connectivity index (χ4v) is 3.08. The molecule has 2 aromatic rings. The van der Waals surface area contributed by atoms with E-state index in [9.17, 15) is 0 Å². The van der Waals surface area contributed by atoms with Crippen molar-refractivity contribution < 1.29 is 0 Å². The Morgan fingerprint density at radius 1 is 0.810 bits per heavy atom. The van der Waals surface area contributed by atoms with Gasteiger partial charge < -0.3 is 0 Å². The summed E-state index contributed by atoms with van der Waals surface area (Å²) in [6.45, 7) is 13.5. The maximum Gasteiger partial charge on any atom is -0.0154 e. The minimum Gasteiger partial charge on any atom is -0.0625 e. The SMILES string of the molecule is Cc1cc(CC(C)C)ccc1-c1ccc(C)c(C(C)C)c1. The van der Waals surface area contributed by atoms with Gasteiger partial charge in [-0.15, -0.1) is 0 Å². The summed E-state index contributed by atoms with van der Waals surface area (Å²) in [6.07, 6.45) is 1.16. The molecule has 0 radical (unpaired) electrons. The van der Waals surface area contributed by atoms with Crippen LogP contribution in [0.3, 0.4) is 0 Å². The van der Waals surface area contributed by atoms with Crippen molar-refractivity contribution in [1.29, 1.82) is 0 Å². The lowest BCUT2D eigenvalue weighted by Gasteiger charge is -2.15. The van der Waals surface area contributed by atoms with E-state index in [1.54, 1.807) is 0 Å². The van der Waals surface area contributed by atoms with E-state index in [1.807, 2.05) is 0 Å². The van der Waals surface area contributed by atoms with Crippen LogP contribution in [0, 0.1) is 19.8 Å². The summed E-state index contributed by atoms with van der Waals surface area (Å²) in [4.78, 5) is 0. The largest absolute Gasteiger partial charge is 0.0625 e. The van der Waals surface area contributed by atoms with Crippen molar-refractivity contribution in [2.75, 3.05) is 0 Å². The molecule has 0 spiro atoms. The number of aryl methyl sites for hydroxylation is 2. The summed E-state index contributed by atoms with van der Waals surface area (Å²) >= 11 is 0. The van der Waals surface area contributed by atoms with Crippen LogP contribution in [-0.4, -0.2) is 0 Å². The summed E-state index contributed by atoms with van der Waals surface area (Å²) in [5.41, 5.74) is 8.39. The molecular weight excluding hydrogens is 252 g/mol. The Labute approximate surface area is 130 Å². The van der Waals surface area contributed by atoms with E-state index in [4.69, 9.17) is 0 Å². The van der Waals surface area contributed by atoms with Gasteiger partial charge in [0.05, 0.1) is 0 Å². The topological polar surface area (TPSA) is 0 Å². The molecule has 0 heteroatoms. The van der Waals surface area contributed by atoms with Crippen LogP contribution in [0.25, 0.3) is 11.1 Å². The normalized spacial score (nSPS) is 11.4. The lowest BCUT2D eigenvalue weighted by Crippen LogP contribution is -1.96. The zero-order valence-corrected chi connectivity index (χ0v) is 14.3. The standard InChI is InChI=1S/C21H28/c1-14(2)11-18-8-10-20(17(6)12-18)19-9-7-16(5)21(13-19)15(3)4/h7-10,12-15H,11H2,1-6H3. The summed E-state index contributed by atoms with van der Waals surface area (Å²) in [6, 6.07) is 13.8. The second-order valence-corrected chi connectivity index (χ2v) is 6.97. The maximum atomic E-state index is 2.37. The zero-order chi connectivity index (χ0) is 15.6. The Morgan fingerprint density at radius 2 is 1.52 bits per heavy atom. The minimum atomic E-state index is 0.575. The highest BCUT2D eigenvalue weighted by Gasteiger charge is 2.08. The van der Waals surface area contributed by atoms with Crippen LogP contribution in [0.15, 0.2) is 36.4 Å². The van der Waals surface area contributed by atoms with E-state index >= 15 is 0 Å². The van der Waals surface area contributed by atoms with Crippen molar-refractivity contribution in [1.82, 2.24) is 0 Å². The van der Waals surface area contributed by atoms with E-state index in [2.05, 4.69) is 77.9 Å². The second kappa shape index (κ2) is 6.47. The number of benzene rings is 2. The van der Waals surface area contributed by atoms with E-state index in [0.29, 0.717) is 11.8 Å². The molecule has 0 unspecified atom stereocenters. The molecule has 0 fully saturated rings. The Kier molecular flexibility index (Phi) is 4.88. The molecule has 0 aliphatic rings. The first-order chi connectivity index (χ1) is 9.88. The van der Waals surface area contributed by atoms with Gasteiger partial charge in [0.25, 0.3) is 0 Å². The van der Waals surface area contributed by atoms with E-state index in [-0.39, 0.29) is 0 Å². The van der Waals surface area contributed by atoms with Crippen molar-refractivity contribution in [2.45, 2.75) is 53.9 Å². The maximum absolute atomic E-state index is 2.37. The van der Waals surface area contributed by atoms with Gasteiger partial charge in [-0.1, -0.05) is 64.1 Å². The predicted octanol–water partition coefficient (Wildman–Crippen LogP) is 6.29. The molecule has 2 rings (SSSR count). The molecule has 0 N–H and O–H groups in total. The molecular formula is C21H28. The van der Waals surface area contributed by atoms with Crippen LogP contribution in [0.1, 0.15) is 55.9 Å². The highest BCUT2D eigenvalue weighted by Crippen LogP contribution is 2.29. The summed E-state index contributed by atoms with van der Waals surface area (Å²) < 4.78 is 0. The molecule has 0 aliphatic heterocycles. The van der Waals surface area contributed by atoms with Crippen molar-refractivity contribution >= 4 is 0 Å². The number of hydrogen-bond acceptors (Lipinski definition) is 0. The average Bonchev–Trinajstić information content (AvgIpc) is 2.39. The van der Waals surface area contributed by atoms with Gasteiger partial charge in [0, 0.05) is 0 Å². The van der Waals surface area contributed by atoms with Crippen molar-refractivity contribution in [3.05, 3.63) is 58.7 Å². The molecule has 2 aromatic carbocycles. The average molecular weight is 280 g/mol. The molecule has 0 amide bonds. The van der Waals surface area contributed by atoms with Crippen molar-refractivity contribution in [2.24, 2.45) is 5.92 Å². The molecule has 112 valence electrons. The molecule has 0 bridgehead atoms. The van der Waals surface area contributed by atoms with Crippen LogP contribution in [-0.2, 0) is 6.42 Å². The lowest BCUT2D eigenvalue weighted by atomic mass is 9.90. The Hall–Kier alpha value is -1.56. The highest BCUT2D eigenvalue weighted by atomic mass is 14.1. The molecule has 0 saturated heterocycles. The van der Waals surface area contributed by atoms with E-state index in [0.717, 1.165) is 6.42 Å². The van der Waals surface area contributed by atoms with Crippen molar-refractivity contribution in [3.8, 4) is 11.1 Å². The van der Waals surface area contributed by atoms with Crippen LogP contribution >= 0.6 is 0 Å². The third-order valence-corrected chi connectivity index (χ3v) is 4.15.